The molecule has 142 valence electrons. The van der Waals surface area contributed by atoms with E-state index in [4.69, 9.17) is 4.74 Å². The Morgan fingerprint density at radius 1 is 1.30 bits per heavy atom. The van der Waals surface area contributed by atoms with Crippen LogP contribution in [0.15, 0.2) is 30.3 Å². The molecule has 0 aromatic heterocycles. The Morgan fingerprint density at radius 2 is 2.00 bits per heavy atom. The number of thioether (sulfide) groups is 1. The smallest absolute Gasteiger partial charge is 0.370 e. The van der Waals surface area contributed by atoms with Crippen LogP contribution in [0.5, 0.6) is 0 Å². The molecule has 3 N–H and O–H groups in total. The van der Waals surface area contributed by atoms with Crippen LogP contribution < -0.4 is 5.32 Å². The Bertz CT molecular complexity index is 832. The number of carbonyl (C=O) groups is 4. The number of amides is 2. The fourth-order valence-electron chi connectivity index (χ4n) is 3.73. The fraction of sp³-hybridized carbons (Fsp3) is 0.412. The molecule has 3 heterocycles. The van der Waals surface area contributed by atoms with Crippen LogP contribution in [0.1, 0.15) is 18.1 Å². The van der Waals surface area contributed by atoms with Crippen LogP contribution >= 0.6 is 11.8 Å². The summed E-state index contributed by atoms with van der Waals surface area (Å²) in [4.78, 5) is 49.5. The van der Waals surface area contributed by atoms with Gasteiger partial charge in [-0.2, -0.15) is 0 Å². The molecule has 1 aromatic rings. The molecule has 0 aliphatic carbocycles. The number of carbonyl (C=O) groups excluding carboxylic acids is 3. The quantitative estimate of drug-likeness (QED) is 0.460. The van der Waals surface area contributed by atoms with Crippen LogP contribution in [0.3, 0.4) is 0 Å². The number of nitrogens with one attached hydrogen (secondary N) is 1. The first kappa shape index (κ1) is 17.8. The van der Waals surface area contributed by atoms with Gasteiger partial charge in [-0.3, -0.25) is 19.3 Å². The predicted molar refractivity (Wildman–Crippen MR) is 91.0 cm³/mol. The lowest BCUT2D eigenvalue weighted by Gasteiger charge is -2.56. The number of esters is 1. The van der Waals surface area contributed by atoms with Crippen molar-refractivity contribution in [1.29, 1.82) is 0 Å². The number of benzene rings is 1. The number of β-lactam (4-membered cyclic amide) rings is 1. The minimum atomic E-state index is -2.01. The van der Waals surface area contributed by atoms with Crippen molar-refractivity contribution in [3.8, 4) is 0 Å². The van der Waals surface area contributed by atoms with Gasteiger partial charge < -0.3 is 20.3 Å². The molecule has 9 nitrogen and oxygen atoms in total. The standard InChI is InChI=1S/C17H16N2O7S/c20-10-6-9-7-27-15-11(14(23)19(15)17(9,26-10)16(24)25)18-13(22)12(21)8-4-2-1-3-5-8/h1-5,9,11-12,15,21H,6-7H2,(H,18,22)(H,24,25). The summed E-state index contributed by atoms with van der Waals surface area (Å²) in [5, 5.41) is 21.6. The van der Waals surface area contributed by atoms with Crippen molar-refractivity contribution in [2.45, 2.75) is 29.7 Å². The van der Waals surface area contributed by atoms with Crippen LogP contribution in [-0.4, -0.2) is 61.8 Å². The zero-order valence-electron chi connectivity index (χ0n) is 13.9. The highest BCUT2D eigenvalue weighted by Gasteiger charge is 2.71. The van der Waals surface area contributed by atoms with E-state index in [1.54, 1.807) is 30.3 Å². The second-order valence-electron chi connectivity index (χ2n) is 6.61. The third-order valence-electron chi connectivity index (χ3n) is 5.07. The lowest BCUT2D eigenvalue weighted by molar-refractivity contribution is -0.216. The van der Waals surface area contributed by atoms with Crippen LogP contribution in [0, 0.1) is 5.92 Å². The Hall–Kier alpha value is -2.59. The summed E-state index contributed by atoms with van der Waals surface area (Å²) >= 11 is 1.28. The first-order chi connectivity index (χ1) is 12.9. The molecular formula is C17H16N2O7S. The van der Waals surface area contributed by atoms with Gasteiger partial charge in [-0.25, -0.2) is 4.79 Å². The summed E-state index contributed by atoms with van der Waals surface area (Å²) in [6, 6.07) is 7.25. The van der Waals surface area contributed by atoms with Crippen molar-refractivity contribution in [2.75, 3.05) is 5.75 Å². The average molecular weight is 392 g/mol. The van der Waals surface area contributed by atoms with E-state index in [1.807, 2.05) is 0 Å². The van der Waals surface area contributed by atoms with E-state index >= 15 is 0 Å². The first-order valence-electron chi connectivity index (χ1n) is 8.29. The summed E-state index contributed by atoms with van der Waals surface area (Å²) in [6.07, 6.45) is -1.52. The van der Waals surface area contributed by atoms with Crippen molar-refractivity contribution in [1.82, 2.24) is 10.2 Å². The minimum absolute atomic E-state index is 0.0699. The Balaban J connectivity index is 1.52. The zero-order chi connectivity index (χ0) is 19.3. The van der Waals surface area contributed by atoms with Crippen LogP contribution in [0.4, 0.5) is 0 Å². The lowest BCUT2D eigenvalue weighted by atomic mass is 9.89. The molecular weight excluding hydrogens is 376 g/mol. The lowest BCUT2D eigenvalue weighted by Crippen LogP contribution is -2.80. The summed E-state index contributed by atoms with van der Waals surface area (Å²) in [7, 11) is 0. The van der Waals surface area contributed by atoms with E-state index < -0.39 is 52.9 Å². The van der Waals surface area contributed by atoms with Gasteiger partial charge in [0, 0.05) is 11.7 Å². The predicted octanol–water partition coefficient (Wildman–Crippen LogP) is -0.536. The average Bonchev–Trinajstić information content (AvgIpc) is 3.01. The van der Waals surface area contributed by atoms with Crippen molar-refractivity contribution in [3.05, 3.63) is 35.9 Å². The second-order valence-corrected chi connectivity index (χ2v) is 7.76. The normalized spacial score (nSPS) is 32.6. The number of fused-ring (bicyclic) bond motifs is 3. The third-order valence-corrected chi connectivity index (χ3v) is 6.49. The topological polar surface area (TPSA) is 133 Å². The van der Waals surface area contributed by atoms with E-state index in [0.717, 1.165) is 4.90 Å². The summed E-state index contributed by atoms with van der Waals surface area (Å²) < 4.78 is 5.08. The van der Waals surface area contributed by atoms with Crippen LogP contribution in [0.2, 0.25) is 0 Å². The van der Waals surface area contributed by atoms with Crippen molar-refractivity contribution < 1.29 is 34.1 Å². The molecule has 3 aliphatic rings. The fourth-order valence-corrected chi connectivity index (χ4v) is 5.29. The zero-order valence-corrected chi connectivity index (χ0v) is 14.7. The van der Waals surface area contributed by atoms with Crippen LogP contribution in [-0.2, 0) is 23.9 Å². The molecule has 27 heavy (non-hydrogen) atoms. The Morgan fingerprint density at radius 3 is 2.67 bits per heavy atom. The van der Waals surface area contributed by atoms with Gasteiger partial charge in [0.1, 0.15) is 11.4 Å². The number of hydrogen-bond acceptors (Lipinski definition) is 7. The van der Waals surface area contributed by atoms with E-state index in [1.165, 1.54) is 11.8 Å². The minimum Gasteiger partial charge on any atom is -0.477 e. The number of carboxylic acids is 1. The molecule has 0 bridgehead atoms. The molecule has 1 aromatic carbocycles. The van der Waals surface area contributed by atoms with E-state index in [9.17, 15) is 29.4 Å². The molecule has 3 fully saturated rings. The summed E-state index contributed by atoms with van der Waals surface area (Å²) in [5.41, 5.74) is -1.63. The monoisotopic (exact) mass is 392 g/mol. The van der Waals surface area contributed by atoms with E-state index in [0.29, 0.717) is 11.3 Å². The van der Waals surface area contributed by atoms with Gasteiger partial charge >= 0.3 is 11.9 Å². The number of ether oxygens (including phenoxy) is 1. The molecule has 0 radical (unpaired) electrons. The number of nitrogens with zero attached hydrogens (tertiary/aromatic N) is 1. The van der Waals surface area contributed by atoms with Gasteiger partial charge in [0.2, 0.25) is 0 Å². The second kappa shape index (κ2) is 6.24. The first-order valence-corrected chi connectivity index (χ1v) is 9.34. The number of hydrogen-bond donors (Lipinski definition) is 3. The Labute approximate surface area is 157 Å². The molecule has 5 unspecified atom stereocenters. The Kier molecular flexibility index (Phi) is 4.11. The van der Waals surface area contributed by atoms with E-state index in [2.05, 4.69) is 5.32 Å². The highest BCUT2D eigenvalue weighted by molar-refractivity contribution is 8.00. The number of rotatable bonds is 4. The molecule has 0 spiro atoms. The molecule has 10 heteroatoms. The van der Waals surface area contributed by atoms with Crippen molar-refractivity contribution >= 4 is 35.5 Å². The highest BCUT2D eigenvalue weighted by Crippen LogP contribution is 2.51. The molecule has 5 atom stereocenters. The molecule has 2 amide bonds. The van der Waals surface area contributed by atoms with Crippen molar-refractivity contribution in [2.24, 2.45) is 5.92 Å². The largest absolute Gasteiger partial charge is 0.477 e. The number of aliphatic hydroxyl groups excluding tert-OH is 1. The SMILES string of the molecule is O=C1CC2CSC3C(NC(=O)C(O)c4ccccc4)C(=O)N3C2(C(=O)O)O1. The molecule has 3 saturated heterocycles. The van der Waals surface area contributed by atoms with Gasteiger partial charge in [-0.15, -0.1) is 11.8 Å². The molecule has 4 rings (SSSR count). The molecule has 0 saturated carbocycles. The maximum atomic E-state index is 12.6. The van der Waals surface area contributed by atoms with Gasteiger partial charge in [0.15, 0.2) is 6.10 Å². The number of aliphatic hydroxyl groups is 1. The van der Waals surface area contributed by atoms with Gasteiger partial charge in [-0.1, -0.05) is 30.3 Å². The highest BCUT2D eigenvalue weighted by atomic mass is 32.2. The third kappa shape index (κ3) is 2.51. The number of carboxylic acid groups (broad SMARTS) is 1. The number of aliphatic carboxylic acids is 1. The molecule has 3 aliphatic heterocycles. The van der Waals surface area contributed by atoms with Gasteiger partial charge in [0.25, 0.3) is 17.5 Å². The van der Waals surface area contributed by atoms with Crippen molar-refractivity contribution in [3.63, 3.8) is 0 Å². The summed E-state index contributed by atoms with van der Waals surface area (Å²) in [5.74, 6) is -3.80. The maximum absolute atomic E-state index is 12.6. The summed E-state index contributed by atoms with van der Waals surface area (Å²) in [6.45, 7) is 0. The van der Waals surface area contributed by atoms with Gasteiger partial charge in [0.05, 0.1) is 6.42 Å². The maximum Gasteiger partial charge on any atom is 0.370 e. The van der Waals surface area contributed by atoms with Crippen LogP contribution in [0.25, 0.3) is 0 Å². The van der Waals surface area contributed by atoms with E-state index in [-0.39, 0.29) is 6.42 Å². The van der Waals surface area contributed by atoms with Gasteiger partial charge in [-0.05, 0) is 5.56 Å².